The van der Waals surface area contributed by atoms with Crippen molar-refractivity contribution >= 4 is 34.5 Å². The molecule has 3 saturated carbocycles. The van der Waals surface area contributed by atoms with Crippen LogP contribution in [0.2, 0.25) is 5.15 Å². The van der Waals surface area contributed by atoms with Crippen molar-refractivity contribution < 1.29 is 14.3 Å². The van der Waals surface area contributed by atoms with Crippen LogP contribution >= 0.6 is 22.9 Å². The van der Waals surface area contributed by atoms with E-state index >= 15 is 0 Å². The van der Waals surface area contributed by atoms with Gasteiger partial charge in [-0.25, -0.2) is 9.37 Å². The smallest absolute Gasteiger partial charge is 0.255 e. The van der Waals surface area contributed by atoms with E-state index in [2.05, 4.69) is 25.8 Å². The van der Waals surface area contributed by atoms with E-state index < -0.39 is 17.7 Å². The minimum Gasteiger partial charge on any atom is -0.387 e. The highest BCUT2D eigenvalue weighted by molar-refractivity contribution is 7.09. The largest absolute Gasteiger partial charge is 0.387 e. The fourth-order valence-corrected chi connectivity index (χ4v) is 5.63. The Bertz CT molecular complexity index is 925. The van der Waals surface area contributed by atoms with Crippen LogP contribution in [-0.4, -0.2) is 50.1 Å². The Kier molecular flexibility index (Phi) is 5.95. The molecular weight excluding hydrogens is 441 g/mol. The summed E-state index contributed by atoms with van der Waals surface area (Å²) in [5.41, 5.74) is 1.17. The Morgan fingerprint density at radius 1 is 1.32 bits per heavy atom. The number of anilines is 1. The number of aliphatic hydroxyl groups is 1. The molecule has 2 aromatic heterocycles. The third-order valence-corrected chi connectivity index (χ3v) is 7.93. The minimum atomic E-state index is -1.59. The molecule has 10 heteroatoms. The van der Waals surface area contributed by atoms with Crippen molar-refractivity contribution in [1.82, 2.24) is 20.5 Å². The number of aromatic nitrogens is 3. The molecule has 3 N–H and O–H groups in total. The van der Waals surface area contributed by atoms with Crippen LogP contribution in [0.1, 0.15) is 67.7 Å². The molecule has 168 valence electrons. The van der Waals surface area contributed by atoms with Gasteiger partial charge in [-0.05, 0) is 58.4 Å². The number of halogens is 2. The first-order valence-electron chi connectivity index (χ1n) is 10.5. The highest BCUT2D eigenvalue weighted by Crippen LogP contribution is 2.55. The summed E-state index contributed by atoms with van der Waals surface area (Å²) in [6.07, 6.45) is 5.75. The summed E-state index contributed by atoms with van der Waals surface area (Å²) in [6.45, 7) is 2.45. The molecule has 5 rings (SSSR count). The third kappa shape index (κ3) is 4.54. The summed E-state index contributed by atoms with van der Waals surface area (Å²) in [6, 6.07) is 1.65. The first-order chi connectivity index (χ1) is 14.6. The quantitative estimate of drug-likeness (QED) is 0.534. The molecule has 2 aromatic rings. The molecule has 0 radical (unpaired) electrons. The summed E-state index contributed by atoms with van der Waals surface area (Å²) < 4.78 is 14.1. The standard InChI is InChI=1S/C21H27ClFN5O2S/c1-19(2,30)15(23)11-25-17(29)13-10-24-16(22)9-14(13)27-21-6-3-20(4-7-21,5-8-21)18-28-26-12-31-18/h9-10,12,15,30H,3-8,11H2,1-2H3,(H,24,27)(H,25,29). The lowest BCUT2D eigenvalue weighted by Gasteiger charge is -2.53. The molecule has 1 amide bonds. The number of alkyl halides is 1. The number of carbonyl (C=O) groups excluding carboxylic acids is 1. The topological polar surface area (TPSA) is 100 Å². The van der Waals surface area contributed by atoms with Crippen LogP contribution in [0.5, 0.6) is 0 Å². The molecule has 0 aliphatic heterocycles. The SMILES string of the molecule is CC(C)(O)C(F)CNC(=O)c1cnc(Cl)cc1NC12CCC(c3nncs3)(CC1)CC2. The average molecular weight is 468 g/mol. The van der Waals surface area contributed by atoms with Gasteiger partial charge in [0.15, 0.2) is 0 Å². The number of hydrogen-bond donors (Lipinski definition) is 3. The van der Waals surface area contributed by atoms with Gasteiger partial charge in [0.1, 0.15) is 21.8 Å². The van der Waals surface area contributed by atoms with Gasteiger partial charge >= 0.3 is 0 Å². The normalized spacial score (nSPS) is 26.5. The maximum atomic E-state index is 14.1. The lowest BCUT2D eigenvalue weighted by atomic mass is 9.57. The molecule has 0 spiro atoms. The summed E-state index contributed by atoms with van der Waals surface area (Å²) in [4.78, 5) is 16.8. The number of amides is 1. The third-order valence-electron chi connectivity index (χ3n) is 6.78. The van der Waals surface area contributed by atoms with Gasteiger partial charge in [0, 0.05) is 17.2 Å². The zero-order valence-electron chi connectivity index (χ0n) is 17.6. The van der Waals surface area contributed by atoms with Crippen LogP contribution in [0.15, 0.2) is 17.8 Å². The Balaban J connectivity index is 1.48. The van der Waals surface area contributed by atoms with Gasteiger partial charge in [0.2, 0.25) is 0 Å². The number of pyridine rings is 1. The van der Waals surface area contributed by atoms with E-state index in [9.17, 15) is 14.3 Å². The van der Waals surface area contributed by atoms with Gasteiger partial charge in [-0.1, -0.05) is 11.6 Å². The van der Waals surface area contributed by atoms with Gasteiger partial charge in [-0.15, -0.1) is 21.5 Å². The van der Waals surface area contributed by atoms with Crippen LogP contribution < -0.4 is 10.6 Å². The van der Waals surface area contributed by atoms with Crippen LogP contribution in [0, 0.1) is 0 Å². The van der Waals surface area contributed by atoms with Gasteiger partial charge in [0.25, 0.3) is 5.91 Å². The van der Waals surface area contributed by atoms with E-state index in [1.54, 1.807) is 22.9 Å². The lowest BCUT2D eigenvalue weighted by molar-refractivity contribution is -0.00177. The van der Waals surface area contributed by atoms with E-state index in [4.69, 9.17) is 11.6 Å². The number of carbonyl (C=O) groups is 1. The molecule has 2 heterocycles. The van der Waals surface area contributed by atoms with Crippen molar-refractivity contribution in [2.45, 2.75) is 75.1 Å². The predicted octanol–water partition coefficient (Wildman–Crippen LogP) is 3.88. The fraction of sp³-hybridized carbons (Fsp3) is 0.619. The lowest BCUT2D eigenvalue weighted by Crippen LogP contribution is -2.52. The van der Waals surface area contributed by atoms with E-state index in [-0.39, 0.29) is 22.7 Å². The maximum Gasteiger partial charge on any atom is 0.255 e. The Morgan fingerprint density at radius 2 is 2.00 bits per heavy atom. The number of fused-ring (bicyclic) bond motifs is 3. The van der Waals surface area contributed by atoms with Crippen molar-refractivity contribution in [1.29, 1.82) is 0 Å². The predicted molar refractivity (Wildman–Crippen MR) is 118 cm³/mol. The molecule has 3 fully saturated rings. The Labute approximate surface area is 189 Å². The minimum absolute atomic E-state index is 0.119. The van der Waals surface area contributed by atoms with Crippen molar-refractivity contribution in [2.75, 3.05) is 11.9 Å². The highest BCUT2D eigenvalue weighted by Gasteiger charge is 2.51. The maximum absolute atomic E-state index is 14.1. The first kappa shape index (κ1) is 22.4. The number of hydrogen-bond acceptors (Lipinski definition) is 7. The molecule has 31 heavy (non-hydrogen) atoms. The van der Waals surface area contributed by atoms with Crippen molar-refractivity contribution in [3.05, 3.63) is 33.5 Å². The highest BCUT2D eigenvalue weighted by atomic mass is 35.5. The van der Waals surface area contributed by atoms with Crippen LogP contribution in [-0.2, 0) is 5.41 Å². The van der Waals surface area contributed by atoms with Crippen LogP contribution in [0.4, 0.5) is 10.1 Å². The number of nitrogens with zero attached hydrogens (tertiary/aromatic N) is 3. The second kappa shape index (κ2) is 8.26. The molecule has 0 aromatic carbocycles. The fourth-order valence-electron chi connectivity index (χ4n) is 4.63. The first-order valence-corrected chi connectivity index (χ1v) is 11.7. The van der Waals surface area contributed by atoms with E-state index in [1.165, 1.54) is 20.0 Å². The van der Waals surface area contributed by atoms with Crippen molar-refractivity contribution in [3.63, 3.8) is 0 Å². The Morgan fingerprint density at radius 3 is 2.58 bits per heavy atom. The van der Waals surface area contributed by atoms with Gasteiger partial charge < -0.3 is 15.7 Å². The molecular formula is C21H27ClFN5O2S. The average Bonchev–Trinajstić information content (AvgIpc) is 3.28. The molecule has 7 nitrogen and oxygen atoms in total. The molecule has 0 saturated heterocycles. The molecule has 3 aliphatic rings. The summed E-state index contributed by atoms with van der Waals surface area (Å²) in [5, 5.41) is 25.7. The van der Waals surface area contributed by atoms with Gasteiger partial charge in [-0.3, -0.25) is 4.79 Å². The van der Waals surface area contributed by atoms with E-state index in [0.717, 1.165) is 43.5 Å². The van der Waals surface area contributed by atoms with Crippen molar-refractivity contribution in [2.24, 2.45) is 0 Å². The molecule has 3 aliphatic carbocycles. The monoisotopic (exact) mass is 467 g/mol. The molecule has 2 bridgehead atoms. The molecule has 1 atom stereocenters. The zero-order valence-corrected chi connectivity index (χ0v) is 19.2. The van der Waals surface area contributed by atoms with Gasteiger partial charge in [-0.2, -0.15) is 0 Å². The van der Waals surface area contributed by atoms with Gasteiger partial charge in [0.05, 0.1) is 23.4 Å². The summed E-state index contributed by atoms with van der Waals surface area (Å²) in [5.74, 6) is -0.454. The van der Waals surface area contributed by atoms with Crippen molar-refractivity contribution in [3.8, 4) is 0 Å². The number of rotatable bonds is 7. The zero-order chi connectivity index (χ0) is 22.3. The summed E-state index contributed by atoms with van der Waals surface area (Å²) in [7, 11) is 0. The second-order valence-electron chi connectivity index (χ2n) is 9.31. The van der Waals surface area contributed by atoms with Crippen LogP contribution in [0.3, 0.4) is 0 Å². The second-order valence-corrected chi connectivity index (χ2v) is 10.5. The summed E-state index contributed by atoms with van der Waals surface area (Å²) >= 11 is 7.75. The Hall–Kier alpha value is -1.84. The molecule has 1 unspecified atom stereocenters. The van der Waals surface area contributed by atoms with E-state index in [1.807, 2.05) is 0 Å². The number of nitrogens with one attached hydrogen (secondary N) is 2. The van der Waals surface area contributed by atoms with E-state index in [0.29, 0.717) is 11.3 Å². The van der Waals surface area contributed by atoms with Crippen LogP contribution in [0.25, 0.3) is 0 Å².